The number of methoxy groups -OCH3 is 1. The molecule has 0 radical (unpaired) electrons. The second-order valence-corrected chi connectivity index (χ2v) is 5.87. The predicted molar refractivity (Wildman–Crippen MR) is 93.6 cm³/mol. The maximum atomic E-state index is 13.9. The first-order valence-corrected chi connectivity index (χ1v) is 8.34. The second-order valence-electron chi connectivity index (χ2n) is 5.87. The fourth-order valence-corrected chi connectivity index (χ4v) is 2.50. The van der Waals surface area contributed by atoms with Gasteiger partial charge in [0.15, 0.2) is 0 Å². The van der Waals surface area contributed by atoms with Crippen LogP contribution < -0.4 is 5.32 Å². The normalized spacial score (nSPS) is 12.0. The number of aryl methyl sites for hydroxylation is 1. The Balaban J connectivity index is 2.10. The smallest absolute Gasteiger partial charge is 0.318 e. The Labute approximate surface area is 147 Å². The van der Waals surface area contributed by atoms with Gasteiger partial charge in [0.05, 0.1) is 19.2 Å². The van der Waals surface area contributed by atoms with Crippen LogP contribution in [0.25, 0.3) is 0 Å². The van der Waals surface area contributed by atoms with Crippen molar-refractivity contribution in [2.24, 2.45) is 0 Å². The molecule has 0 saturated carbocycles. The lowest BCUT2D eigenvalue weighted by Gasteiger charge is -2.25. The minimum atomic E-state index is -0.327. The van der Waals surface area contributed by atoms with E-state index >= 15 is 0 Å². The highest BCUT2D eigenvalue weighted by Gasteiger charge is 2.21. The Morgan fingerprint density at radius 3 is 2.80 bits per heavy atom. The number of hydrogen-bond acceptors (Lipinski definition) is 3. The van der Waals surface area contributed by atoms with E-state index in [1.54, 1.807) is 36.4 Å². The van der Waals surface area contributed by atoms with Gasteiger partial charge in [-0.1, -0.05) is 25.1 Å². The van der Waals surface area contributed by atoms with Gasteiger partial charge in [-0.15, -0.1) is 0 Å². The van der Waals surface area contributed by atoms with Crippen LogP contribution in [0.5, 0.6) is 0 Å². The van der Waals surface area contributed by atoms with Gasteiger partial charge in [-0.25, -0.2) is 14.2 Å². The molecule has 2 N–H and O–H groups in total. The SMILES string of the molecule is CC[C@H](NC(=O)N(CCOC)Cc1ccccc1F)c1ncc(C)[nH]1. The molecule has 25 heavy (non-hydrogen) atoms. The van der Waals surface area contributed by atoms with Crippen LogP contribution in [0, 0.1) is 12.7 Å². The molecule has 0 spiro atoms. The van der Waals surface area contributed by atoms with Crippen molar-refractivity contribution in [2.45, 2.75) is 32.9 Å². The fraction of sp³-hybridized carbons (Fsp3) is 0.444. The first kappa shape index (κ1) is 18.9. The van der Waals surface area contributed by atoms with Gasteiger partial charge in [0, 0.05) is 31.1 Å². The summed E-state index contributed by atoms with van der Waals surface area (Å²) in [5, 5.41) is 2.96. The average Bonchev–Trinajstić information content (AvgIpc) is 3.04. The molecule has 1 aromatic heterocycles. The van der Waals surface area contributed by atoms with Crippen LogP contribution in [0.3, 0.4) is 0 Å². The summed E-state index contributed by atoms with van der Waals surface area (Å²) in [5.74, 6) is 0.386. The second kappa shape index (κ2) is 9.17. The quantitative estimate of drug-likeness (QED) is 0.770. The van der Waals surface area contributed by atoms with Crippen molar-refractivity contribution in [1.82, 2.24) is 20.2 Å². The Kier molecular flexibility index (Phi) is 6.94. The summed E-state index contributed by atoms with van der Waals surface area (Å²) in [5.41, 5.74) is 1.40. The van der Waals surface area contributed by atoms with Crippen LogP contribution in [0.4, 0.5) is 9.18 Å². The molecule has 1 aromatic carbocycles. The zero-order chi connectivity index (χ0) is 18.2. The average molecular weight is 348 g/mol. The third kappa shape index (κ3) is 5.29. The maximum Gasteiger partial charge on any atom is 0.318 e. The van der Waals surface area contributed by atoms with Crippen LogP contribution in [0.1, 0.15) is 36.5 Å². The zero-order valence-corrected chi connectivity index (χ0v) is 14.9. The Bertz CT molecular complexity index is 689. The summed E-state index contributed by atoms with van der Waals surface area (Å²) < 4.78 is 19.0. The van der Waals surface area contributed by atoms with E-state index in [4.69, 9.17) is 4.74 Å². The molecule has 0 aliphatic heterocycles. The van der Waals surface area contributed by atoms with Gasteiger partial charge >= 0.3 is 6.03 Å². The highest BCUT2D eigenvalue weighted by Crippen LogP contribution is 2.15. The van der Waals surface area contributed by atoms with Gasteiger partial charge in [0.2, 0.25) is 0 Å². The number of urea groups is 1. The summed E-state index contributed by atoms with van der Waals surface area (Å²) in [6.45, 7) is 4.80. The van der Waals surface area contributed by atoms with E-state index in [0.717, 1.165) is 5.69 Å². The van der Waals surface area contributed by atoms with Crippen molar-refractivity contribution in [1.29, 1.82) is 0 Å². The van der Waals surface area contributed by atoms with Crippen molar-refractivity contribution in [3.8, 4) is 0 Å². The van der Waals surface area contributed by atoms with Gasteiger partial charge in [0.25, 0.3) is 0 Å². The molecule has 0 fully saturated rings. The molecular weight excluding hydrogens is 323 g/mol. The largest absolute Gasteiger partial charge is 0.383 e. The highest BCUT2D eigenvalue weighted by molar-refractivity contribution is 5.74. The number of nitrogens with one attached hydrogen (secondary N) is 2. The minimum Gasteiger partial charge on any atom is -0.383 e. The topological polar surface area (TPSA) is 70.2 Å². The van der Waals surface area contributed by atoms with Crippen LogP contribution in [-0.2, 0) is 11.3 Å². The molecule has 2 amide bonds. The lowest BCUT2D eigenvalue weighted by atomic mass is 10.2. The number of amides is 2. The molecule has 2 rings (SSSR count). The number of halogens is 1. The number of aromatic nitrogens is 2. The van der Waals surface area contributed by atoms with Gasteiger partial charge in [-0.05, 0) is 19.4 Å². The molecule has 0 unspecified atom stereocenters. The molecule has 0 aliphatic rings. The molecule has 136 valence electrons. The number of rotatable bonds is 8. The number of nitrogens with zero attached hydrogens (tertiary/aromatic N) is 2. The molecule has 0 saturated heterocycles. The third-order valence-corrected chi connectivity index (χ3v) is 3.93. The van der Waals surface area contributed by atoms with Gasteiger partial charge in [-0.2, -0.15) is 0 Å². The summed E-state index contributed by atoms with van der Waals surface area (Å²) in [6.07, 6.45) is 2.42. The Hall–Kier alpha value is -2.41. The van der Waals surface area contributed by atoms with E-state index < -0.39 is 0 Å². The predicted octanol–water partition coefficient (Wildman–Crippen LogP) is 3.17. The maximum absolute atomic E-state index is 13.9. The molecule has 2 aromatic rings. The first-order chi connectivity index (χ1) is 12.0. The van der Waals surface area contributed by atoms with E-state index in [0.29, 0.717) is 31.0 Å². The lowest BCUT2D eigenvalue weighted by Crippen LogP contribution is -2.43. The Morgan fingerprint density at radius 1 is 1.44 bits per heavy atom. The standard InChI is InChI=1S/C18H25FN4O2/c1-4-16(17-20-11-13(2)21-17)22-18(24)23(9-10-25-3)12-14-7-5-6-8-15(14)19/h5-8,11,16H,4,9-10,12H2,1-3H3,(H,20,21)(H,22,24)/t16-/m0/s1. The number of carbonyl (C=O) groups is 1. The summed E-state index contributed by atoms with van der Waals surface area (Å²) >= 11 is 0. The van der Waals surface area contributed by atoms with Crippen LogP contribution in [0.2, 0.25) is 0 Å². The van der Waals surface area contributed by atoms with Crippen LogP contribution >= 0.6 is 0 Å². The zero-order valence-electron chi connectivity index (χ0n) is 14.9. The summed E-state index contributed by atoms with van der Waals surface area (Å²) in [6, 6.07) is 5.95. The molecule has 1 atom stereocenters. The van der Waals surface area contributed by atoms with Gasteiger partial charge < -0.3 is 19.9 Å². The molecule has 6 nitrogen and oxygen atoms in total. The Morgan fingerprint density at radius 2 is 2.20 bits per heavy atom. The molecule has 0 aliphatic carbocycles. The molecule has 1 heterocycles. The van der Waals surface area contributed by atoms with Crippen molar-refractivity contribution in [3.05, 3.63) is 53.4 Å². The van der Waals surface area contributed by atoms with Crippen molar-refractivity contribution in [3.63, 3.8) is 0 Å². The number of benzene rings is 1. The number of H-pyrrole nitrogens is 1. The molecule has 0 bridgehead atoms. The van der Waals surface area contributed by atoms with E-state index in [9.17, 15) is 9.18 Å². The number of imidazole rings is 1. The van der Waals surface area contributed by atoms with Crippen molar-refractivity contribution < 1.29 is 13.9 Å². The summed E-state index contributed by atoms with van der Waals surface area (Å²) in [7, 11) is 1.57. The monoisotopic (exact) mass is 348 g/mol. The van der Waals surface area contributed by atoms with Gasteiger partial charge in [-0.3, -0.25) is 0 Å². The number of hydrogen-bond donors (Lipinski definition) is 2. The lowest BCUT2D eigenvalue weighted by molar-refractivity contribution is 0.144. The van der Waals surface area contributed by atoms with E-state index in [2.05, 4.69) is 15.3 Å². The minimum absolute atomic E-state index is 0.176. The van der Waals surface area contributed by atoms with Crippen LogP contribution in [0.15, 0.2) is 30.5 Å². The van der Waals surface area contributed by atoms with E-state index in [1.165, 1.54) is 6.07 Å². The molecular formula is C18H25FN4O2. The summed E-state index contributed by atoms with van der Waals surface area (Å²) in [4.78, 5) is 21.7. The number of ether oxygens (including phenoxy) is 1. The number of carbonyl (C=O) groups excluding carboxylic acids is 1. The van der Waals surface area contributed by atoms with Crippen molar-refractivity contribution in [2.75, 3.05) is 20.3 Å². The number of aromatic amines is 1. The molecule has 7 heteroatoms. The fourth-order valence-electron chi connectivity index (χ4n) is 2.50. The van der Waals surface area contributed by atoms with Crippen molar-refractivity contribution >= 4 is 6.03 Å². The van der Waals surface area contributed by atoms with E-state index in [1.807, 2.05) is 13.8 Å². The third-order valence-electron chi connectivity index (χ3n) is 3.93. The first-order valence-electron chi connectivity index (χ1n) is 8.34. The highest BCUT2D eigenvalue weighted by atomic mass is 19.1. The van der Waals surface area contributed by atoms with Gasteiger partial charge in [0.1, 0.15) is 11.6 Å². The van der Waals surface area contributed by atoms with Crippen LogP contribution in [-0.4, -0.2) is 41.2 Å². The van der Waals surface area contributed by atoms with E-state index in [-0.39, 0.29) is 24.4 Å².